The average molecular weight is 465 g/mol. The quantitative estimate of drug-likeness (QED) is 0.516. The van der Waals surface area contributed by atoms with E-state index >= 15 is 0 Å². The number of halogens is 1. The first-order chi connectivity index (χ1) is 16.3. The summed E-state index contributed by atoms with van der Waals surface area (Å²) in [4.78, 5) is 26.2. The summed E-state index contributed by atoms with van der Waals surface area (Å²) >= 11 is 0. The second-order valence-corrected chi connectivity index (χ2v) is 8.67. The highest BCUT2D eigenvalue weighted by molar-refractivity contribution is 6.01. The molecule has 1 aliphatic heterocycles. The summed E-state index contributed by atoms with van der Waals surface area (Å²) in [5, 5.41) is 0.866. The number of piperidine rings is 1. The van der Waals surface area contributed by atoms with E-state index in [0.29, 0.717) is 43.9 Å². The lowest BCUT2D eigenvalue weighted by Crippen LogP contribution is -2.41. The molecule has 0 spiro atoms. The average Bonchev–Trinajstić information content (AvgIpc) is 3.25. The number of hydrogen-bond donors (Lipinski definition) is 1. The second-order valence-electron chi connectivity index (χ2n) is 8.67. The molecule has 2 aromatic carbocycles. The molecule has 1 fully saturated rings. The minimum Gasteiger partial charge on any atom is -0.493 e. The van der Waals surface area contributed by atoms with Crippen LogP contribution in [0.25, 0.3) is 27.7 Å². The second kappa shape index (κ2) is 9.71. The van der Waals surface area contributed by atoms with Crippen molar-refractivity contribution in [3.8, 4) is 16.9 Å². The van der Waals surface area contributed by atoms with E-state index in [2.05, 4.69) is 0 Å². The minimum atomic E-state index is -0.305. The van der Waals surface area contributed by atoms with Crippen LogP contribution < -0.4 is 10.5 Å². The van der Waals surface area contributed by atoms with E-state index in [4.69, 9.17) is 14.9 Å². The molecule has 0 unspecified atom stereocenters. The number of ether oxygens (including phenoxy) is 1. The number of fused-ring (bicyclic) bond motifs is 1. The van der Waals surface area contributed by atoms with Gasteiger partial charge in [0.25, 0.3) is 0 Å². The maximum absolute atomic E-state index is 13.4. The van der Waals surface area contributed by atoms with Gasteiger partial charge in [0.05, 0.1) is 12.9 Å². The molecule has 7 heteroatoms. The number of benzene rings is 2. The molecule has 0 atom stereocenters. The van der Waals surface area contributed by atoms with Gasteiger partial charge >= 0.3 is 0 Å². The van der Waals surface area contributed by atoms with Gasteiger partial charge in [-0.3, -0.25) is 9.59 Å². The predicted octanol–water partition coefficient (Wildman–Crippen LogP) is 5.07. The summed E-state index contributed by atoms with van der Waals surface area (Å²) in [6.45, 7) is 7.19. The number of carbonyl (C=O) groups is 2. The summed E-state index contributed by atoms with van der Waals surface area (Å²) in [5.74, 6) is -0.212. The number of amides is 2. The zero-order valence-corrected chi connectivity index (χ0v) is 19.7. The molecule has 1 saturated heterocycles. The Morgan fingerprint density at radius 2 is 1.91 bits per heavy atom. The highest BCUT2D eigenvalue weighted by Crippen LogP contribution is 2.40. The van der Waals surface area contributed by atoms with Gasteiger partial charge in [-0.05, 0) is 62.9 Å². The van der Waals surface area contributed by atoms with Gasteiger partial charge in [0, 0.05) is 47.2 Å². The Morgan fingerprint density at radius 3 is 2.53 bits per heavy atom. The molecular formula is C27H29FN2O4. The van der Waals surface area contributed by atoms with Crippen LogP contribution in [0.15, 0.2) is 47.1 Å². The predicted molar refractivity (Wildman–Crippen MR) is 130 cm³/mol. The van der Waals surface area contributed by atoms with E-state index < -0.39 is 0 Å². The first kappa shape index (κ1) is 23.5. The summed E-state index contributed by atoms with van der Waals surface area (Å²) in [6, 6.07) is 8.23. The smallest absolute Gasteiger partial charge is 0.246 e. The fourth-order valence-corrected chi connectivity index (χ4v) is 4.53. The van der Waals surface area contributed by atoms with E-state index in [1.54, 1.807) is 29.4 Å². The monoisotopic (exact) mass is 464 g/mol. The Labute approximate surface area is 198 Å². The zero-order chi connectivity index (χ0) is 24.4. The largest absolute Gasteiger partial charge is 0.493 e. The number of hydrogen-bond acceptors (Lipinski definition) is 4. The van der Waals surface area contributed by atoms with Crippen LogP contribution in [0.2, 0.25) is 0 Å². The third-order valence-electron chi connectivity index (χ3n) is 6.46. The Hall–Kier alpha value is -3.61. The molecule has 1 aromatic heterocycles. The molecule has 0 saturated carbocycles. The Morgan fingerprint density at radius 1 is 1.24 bits per heavy atom. The van der Waals surface area contributed by atoms with Crippen molar-refractivity contribution < 1.29 is 23.1 Å². The number of furan rings is 1. The van der Waals surface area contributed by atoms with Crippen LogP contribution >= 0.6 is 0 Å². The molecular weight excluding hydrogens is 435 g/mol. The number of allylic oxidation sites excluding steroid dienone is 1. The molecule has 2 N–H and O–H groups in total. The zero-order valence-electron chi connectivity index (χ0n) is 19.7. The number of aryl methyl sites for hydroxylation is 1. The lowest BCUT2D eigenvalue weighted by Gasteiger charge is -2.30. The lowest BCUT2D eigenvalue weighted by molar-refractivity contribution is -0.130. The maximum atomic E-state index is 13.4. The van der Waals surface area contributed by atoms with Crippen LogP contribution in [0.4, 0.5) is 4.39 Å². The molecule has 0 radical (unpaired) electrons. The topological polar surface area (TPSA) is 85.8 Å². The molecule has 34 heavy (non-hydrogen) atoms. The first-order valence-electron chi connectivity index (χ1n) is 11.5. The number of nitrogens with two attached hydrogens (primary N) is 1. The van der Waals surface area contributed by atoms with Gasteiger partial charge in [-0.15, -0.1) is 0 Å². The molecule has 2 amide bonds. The summed E-state index contributed by atoms with van der Waals surface area (Å²) < 4.78 is 25.3. The number of primary amides is 1. The number of likely N-dealkylation sites (tertiary alicyclic amines) is 1. The molecule has 4 rings (SSSR count). The normalized spacial score (nSPS) is 15.1. The molecule has 2 heterocycles. The SMILES string of the molecule is CCOc1c(/C(C)=C/C(=O)N2CCC(C(N)=O)CC2)cc2c(-c3ccc(F)cc3)coc2c1C. The standard InChI is InChI=1S/C27H29FN2O4/c1-4-33-25-17(3)26-22(23(15-34-26)18-5-7-20(28)8-6-18)14-21(25)16(2)13-24(31)30-11-9-19(10-12-30)27(29)32/h5-8,13-15,19H,4,9-12H2,1-3H3,(H2,29,32)/b16-13+. The molecule has 0 bridgehead atoms. The van der Waals surface area contributed by atoms with Gasteiger partial charge in [0.15, 0.2) is 0 Å². The Kier molecular flexibility index (Phi) is 6.72. The molecule has 1 aliphatic rings. The summed E-state index contributed by atoms with van der Waals surface area (Å²) in [6.07, 6.45) is 4.45. The fraction of sp³-hybridized carbons (Fsp3) is 0.333. The van der Waals surface area contributed by atoms with Gasteiger partial charge < -0.3 is 19.8 Å². The van der Waals surface area contributed by atoms with Crippen LogP contribution in [0.3, 0.4) is 0 Å². The van der Waals surface area contributed by atoms with Gasteiger partial charge in [0.2, 0.25) is 11.8 Å². The Balaban J connectivity index is 1.72. The van der Waals surface area contributed by atoms with Crippen molar-refractivity contribution in [2.24, 2.45) is 11.7 Å². The summed E-state index contributed by atoms with van der Waals surface area (Å²) in [7, 11) is 0. The van der Waals surface area contributed by atoms with Crippen molar-refractivity contribution in [1.82, 2.24) is 4.90 Å². The van der Waals surface area contributed by atoms with E-state index in [0.717, 1.165) is 33.2 Å². The van der Waals surface area contributed by atoms with E-state index in [9.17, 15) is 14.0 Å². The minimum absolute atomic E-state index is 0.105. The highest BCUT2D eigenvalue weighted by Gasteiger charge is 2.26. The Bertz CT molecular complexity index is 1250. The van der Waals surface area contributed by atoms with Gasteiger partial charge in [-0.2, -0.15) is 0 Å². The molecule has 6 nitrogen and oxygen atoms in total. The third kappa shape index (κ3) is 4.55. The van der Waals surface area contributed by atoms with Gasteiger partial charge in [-0.1, -0.05) is 12.1 Å². The van der Waals surface area contributed by atoms with Crippen LogP contribution in [0.1, 0.15) is 37.8 Å². The number of rotatable bonds is 6. The van der Waals surface area contributed by atoms with Crippen LogP contribution in [-0.4, -0.2) is 36.4 Å². The van der Waals surface area contributed by atoms with Gasteiger partial charge in [0.1, 0.15) is 17.1 Å². The summed E-state index contributed by atoms with van der Waals surface area (Å²) in [5.41, 5.74) is 10.2. The van der Waals surface area contributed by atoms with Crippen molar-refractivity contribution >= 4 is 28.4 Å². The van der Waals surface area contributed by atoms with Crippen molar-refractivity contribution in [3.05, 3.63) is 59.6 Å². The maximum Gasteiger partial charge on any atom is 0.246 e. The molecule has 0 aliphatic carbocycles. The van der Waals surface area contributed by atoms with Crippen molar-refractivity contribution in [2.45, 2.75) is 33.6 Å². The number of carbonyl (C=O) groups excluding carboxylic acids is 2. The highest BCUT2D eigenvalue weighted by atomic mass is 19.1. The fourth-order valence-electron chi connectivity index (χ4n) is 4.53. The van der Waals surface area contributed by atoms with Crippen LogP contribution in [-0.2, 0) is 9.59 Å². The van der Waals surface area contributed by atoms with Crippen molar-refractivity contribution in [2.75, 3.05) is 19.7 Å². The van der Waals surface area contributed by atoms with Crippen molar-refractivity contribution in [3.63, 3.8) is 0 Å². The van der Waals surface area contributed by atoms with E-state index in [1.807, 2.05) is 26.8 Å². The van der Waals surface area contributed by atoms with E-state index in [-0.39, 0.29) is 23.5 Å². The molecule has 178 valence electrons. The lowest BCUT2D eigenvalue weighted by atomic mass is 9.95. The van der Waals surface area contributed by atoms with Crippen molar-refractivity contribution in [1.29, 1.82) is 0 Å². The molecule has 3 aromatic rings. The first-order valence-corrected chi connectivity index (χ1v) is 11.5. The van der Waals surface area contributed by atoms with Gasteiger partial charge in [-0.25, -0.2) is 4.39 Å². The van der Waals surface area contributed by atoms with Crippen LogP contribution in [0, 0.1) is 18.7 Å². The van der Waals surface area contributed by atoms with Crippen LogP contribution in [0.5, 0.6) is 5.75 Å². The van der Waals surface area contributed by atoms with E-state index in [1.165, 1.54) is 12.1 Å². The number of nitrogens with zero attached hydrogens (tertiary/aromatic N) is 1. The third-order valence-corrected chi connectivity index (χ3v) is 6.46.